The van der Waals surface area contributed by atoms with Crippen molar-refractivity contribution in [1.29, 1.82) is 0 Å². The number of aromatic nitrogens is 3. The molecule has 2 aliphatic heterocycles. The minimum atomic E-state index is -0.838. The number of aryl methyl sites for hydroxylation is 1. The van der Waals surface area contributed by atoms with Gasteiger partial charge < -0.3 is 24.0 Å². The second-order valence-electron chi connectivity index (χ2n) is 11.2. The Bertz CT molecular complexity index is 1420. The summed E-state index contributed by atoms with van der Waals surface area (Å²) in [6.07, 6.45) is 4.11. The van der Waals surface area contributed by atoms with Crippen LogP contribution in [0.3, 0.4) is 0 Å². The fourth-order valence-corrected chi connectivity index (χ4v) is 6.35. The summed E-state index contributed by atoms with van der Waals surface area (Å²) < 4.78 is 12.5. The molecule has 5 rings (SSSR count). The van der Waals surface area contributed by atoms with Gasteiger partial charge in [-0.05, 0) is 81.0 Å². The number of benzene rings is 1. The van der Waals surface area contributed by atoms with Gasteiger partial charge in [-0.1, -0.05) is 6.07 Å². The summed E-state index contributed by atoms with van der Waals surface area (Å²) in [6.45, 7) is 4.17. The average molecular weight is 534 g/mol. The minimum absolute atomic E-state index is 0.0633. The molecule has 3 aromatic rings. The van der Waals surface area contributed by atoms with Crippen LogP contribution in [0.1, 0.15) is 39.5 Å². The van der Waals surface area contributed by atoms with Crippen LogP contribution in [0, 0.1) is 0 Å². The maximum Gasteiger partial charge on any atom is 0.408 e. The number of fused-ring (bicyclic) bond motifs is 2. The number of nitrogens with zero attached hydrogens (tertiary/aromatic N) is 5. The molecule has 3 atom stereocenters. The third-order valence-corrected chi connectivity index (χ3v) is 8.41. The summed E-state index contributed by atoms with van der Waals surface area (Å²) in [5, 5.41) is 18.9. The Hall–Kier alpha value is -3.92. The standard InChI is InChI=1S/C29H35N5O5/c1-28-11-12-29(2,34(28)27(36)37)17-21(16-28)33(4)25-9-8-23(30-31-25)22-7-6-19(14-24(22)39-18-38-5)20-10-13-32(3)26(35)15-20/h6-10,13-15,21H,11-12,16-18H2,1-5H3,(H,36,37)/t21-,28-,29+. The lowest BCUT2D eigenvalue weighted by Crippen LogP contribution is -2.62. The number of hydrogen-bond acceptors (Lipinski definition) is 7. The second kappa shape index (κ2) is 10.00. The first-order valence-electron chi connectivity index (χ1n) is 13.1. The van der Waals surface area contributed by atoms with Crippen molar-refractivity contribution in [2.24, 2.45) is 7.05 Å². The molecule has 10 heteroatoms. The first-order chi connectivity index (χ1) is 18.5. The number of carboxylic acid groups (broad SMARTS) is 1. The van der Waals surface area contributed by atoms with E-state index >= 15 is 0 Å². The summed E-state index contributed by atoms with van der Waals surface area (Å²) in [5.74, 6) is 1.30. The van der Waals surface area contributed by atoms with Crippen molar-refractivity contribution < 1.29 is 19.4 Å². The summed E-state index contributed by atoms with van der Waals surface area (Å²) in [7, 11) is 5.28. The Kier molecular flexibility index (Phi) is 6.84. The molecule has 39 heavy (non-hydrogen) atoms. The zero-order chi connectivity index (χ0) is 27.9. The highest BCUT2D eigenvalue weighted by Gasteiger charge is 2.58. The normalized spacial score (nSPS) is 24.0. The third kappa shape index (κ3) is 4.85. The van der Waals surface area contributed by atoms with Crippen LogP contribution in [0.5, 0.6) is 5.75 Å². The summed E-state index contributed by atoms with van der Waals surface area (Å²) in [4.78, 5) is 28.0. The van der Waals surface area contributed by atoms with Crippen molar-refractivity contribution >= 4 is 11.9 Å². The first kappa shape index (κ1) is 26.7. The monoisotopic (exact) mass is 533 g/mol. The highest BCUT2D eigenvalue weighted by molar-refractivity contribution is 5.74. The molecule has 2 aliphatic rings. The molecule has 206 valence electrons. The summed E-state index contributed by atoms with van der Waals surface area (Å²) in [5.41, 5.74) is 2.18. The highest BCUT2D eigenvalue weighted by atomic mass is 16.7. The molecule has 2 saturated heterocycles. The lowest BCUT2D eigenvalue weighted by atomic mass is 9.82. The maximum absolute atomic E-state index is 12.1. The molecule has 2 bridgehead atoms. The van der Waals surface area contributed by atoms with E-state index in [1.54, 1.807) is 31.3 Å². The Morgan fingerprint density at radius 1 is 1.08 bits per heavy atom. The predicted octanol–water partition coefficient (Wildman–Crippen LogP) is 4.38. The summed E-state index contributed by atoms with van der Waals surface area (Å²) >= 11 is 0. The molecule has 1 amide bonds. The number of amides is 1. The molecule has 0 aliphatic carbocycles. The maximum atomic E-state index is 12.1. The molecule has 4 heterocycles. The van der Waals surface area contributed by atoms with Gasteiger partial charge in [0.25, 0.3) is 5.56 Å². The van der Waals surface area contributed by atoms with Crippen LogP contribution in [-0.4, -0.2) is 68.9 Å². The molecule has 10 nitrogen and oxygen atoms in total. The van der Waals surface area contributed by atoms with E-state index in [0.717, 1.165) is 48.2 Å². The van der Waals surface area contributed by atoms with Crippen molar-refractivity contribution in [3.63, 3.8) is 0 Å². The molecule has 0 saturated carbocycles. The van der Waals surface area contributed by atoms with Gasteiger partial charge in [0, 0.05) is 56.2 Å². The molecule has 0 radical (unpaired) electrons. The van der Waals surface area contributed by atoms with Gasteiger partial charge in [0.05, 0.1) is 5.69 Å². The van der Waals surface area contributed by atoms with Gasteiger partial charge in [0.2, 0.25) is 0 Å². The van der Waals surface area contributed by atoms with Crippen LogP contribution >= 0.6 is 0 Å². The smallest absolute Gasteiger partial charge is 0.408 e. The number of methoxy groups -OCH3 is 1. The van der Waals surface area contributed by atoms with Crippen molar-refractivity contribution in [3.05, 3.63) is 59.0 Å². The average Bonchev–Trinajstić information content (AvgIpc) is 3.09. The van der Waals surface area contributed by atoms with E-state index in [0.29, 0.717) is 11.4 Å². The van der Waals surface area contributed by atoms with Gasteiger partial charge in [-0.2, -0.15) is 0 Å². The Morgan fingerprint density at radius 2 is 1.77 bits per heavy atom. The third-order valence-electron chi connectivity index (χ3n) is 8.41. The van der Waals surface area contributed by atoms with E-state index in [2.05, 4.69) is 28.9 Å². The zero-order valence-electron chi connectivity index (χ0n) is 23.0. The number of pyridine rings is 1. The largest absolute Gasteiger partial charge is 0.467 e. The Balaban J connectivity index is 1.40. The van der Waals surface area contributed by atoms with Crippen LogP contribution < -0.4 is 15.2 Å². The van der Waals surface area contributed by atoms with Gasteiger partial charge in [-0.15, -0.1) is 10.2 Å². The topological polar surface area (TPSA) is 110 Å². The van der Waals surface area contributed by atoms with Gasteiger partial charge in [-0.25, -0.2) is 4.79 Å². The molecule has 2 fully saturated rings. The molecular formula is C29H35N5O5. The number of carbonyl (C=O) groups is 1. The van der Waals surface area contributed by atoms with Crippen molar-refractivity contribution in [2.75, 3.05) is 25.9 Å². The number of anilines is 1. The van der Waals surface area contributed by atoms with Crippen molar-refractivity contribution in [2.45, 2.75) is 56.7 Å². The number of piperidine rings is 1. The van der Waals surface area contributed by atoms with E-state index in [9.17, 15) is 14.7 Å². The quantitative estimate of drug-likeness (QED) is 0.446. The van der Waals surface area contributed by atoms with Crippen LogP contribution in [0.15, 0.2) is 53.5 Å². The molecule has 1 aromatic carbocycles. The lowest BCUT2D eigenvalue weighted by molar-refractivity contribution is 0.0131. The SMILES string of the molecule is COCOc1cc(-c2ccn(C)c(=O)c2)ccc1-c1ccc(N(C)[C@H]2C[C@]3(C)CC[C@](C)(C2)N3C(=O)O)nn1. The molecule has 1 N–H and O–H groups in total. The van der Waals surface area contributed by atoms with Crippen molar-refractivity contribution in [3.8, 4) is 28.1 Å². The van der Waals surface area contributed by atoms with Crippen LogP contribution in [0.2, 0.25) is 0 Å². The highest BCUT2D eigenvalue weighted by Crippen LogP contribution is 2.51. The van der Waals surface area contributed by atoms with E-state index < -0.39 is 6.09 Å². The van der Waals surface area contributed by atoms with Gasteiger partial charge in [0.15, 0.2) is 12.6 Å². The van der Waals surface area contributed by atoms with E-state index in [1.165, 1.54) is 4.57 Å². The zero-order valence-corrected chi connectivity index (χ0v) is 23.0. The van der Waals surface area contributed by atoms with Crippen LogP contribution in [-0.2, 0) is 11.8 Å². The fraction of sp³-hybridized carbons (Fsp3) is 0.448. The van der Waals surface area contributed by atoms with Crippen LogP contribution in [0.25, 0.3) is 22.4 Å². The van der Waals surface area contributed by atoms with E-state index in [-0.39, 0.29) is 29.5 Å². The first-order valence-corrected chi connectivity index (χ1v) is 13.1. The second-order valence-corrected chi connectivity index (χ2v) is 11.2. The van der Waals surface area contributed by atoms with Gasteiger partial charge in [-0.3, -0.25) is 9.69 Å². The molecule has 2 aromatic heterocycles. The van der Waals surface area contributed by atoms with Crippen molar-refractivity contribution in [1.82, 2.24) is 19.7 Å². The van der Waals surface area contributed by atoms with Gasteiger partial charge >= 0.3 is 6.09 Å². The molecule has 0 spiro atoms. The van der Waals surface area contributed by atoms with E-state index in [1.807, 2.05) is 43.4 Å². The summed E-state index contributed by atoms with van der Waals surface area (Å²) in [6, 6.07) is 13.2. The minimum Gasteiger partial charge on any atom is -0.467 e. The number of rotatable bonds is 7. The fourth-order valence-electron chi connectivity index (χ4n) is 6.35. The Labute approximate surface area is 227 Å². The van der Waals surface area contributed by atoms with Crippen LogP contribution in [0.4, 0.5) is 10.6 Å². The Morgan fingerprint density at radius 3 is 2.36 bits per heavy atom. The van der Waals surface area contributed by atoms with E-state index in [4.69, 9.17) is 9.47 Å². The lowest BCUT2D eigenvalue weighted by Gasteiger charge is -2.51. The molecule has 0 unspecified atom stereocenters. The molecular weight excluding hydrogens is 498 g/mol. The van der Waals surface area contributed by atoms with Gasteiger partial charge in [0.1, 0.15) is 5.75 Å². The number of ether oxygens (including phenoxy) is 2. The predicted molar refractivity (Wildman–Crippen MR) is 148 cm³/mol. The number of hydrogen-bond donors (Lipinski definition) is 1.